The first-order chi connectivity index (χ1) is 10.1. The molecule has 1 aliphatic carbocycles. The Bertz CT molecular complexity index is 397. The van der Waals surface area contributed by atoms with Crippen LogP contribution in [-0.2, 0) is 5.41 Å². The second-order valence-corrected chi connectivity index (χ2v) is 8.43. The molecule has 118 valence electrons. The van der Waals surface area contributed by atoms with Crippen LogP contribution in [0.1, 0.15) is 64.9 Å². The molecule has 21 heavy (non-hydrogen) atoms. The lowest BCUT2D eigenvalue weighted by molar-refractivity contribution is 0.474. The van der Waals surface area contributed by atoms with Crippen LogP contribution in [0.15, 0.2) is 29.2 Å². The highest BCUT2D eigenvalue weighted by molar-refractivity contribution is 7.99. The second kappa shape index (κ2) is 8.24. The van der Waals surface area contributed by atoms with Gasteiger partial charge in [0.15, 0.2) is 0 Å². The summed E-state index contributed by atoms with van der Waals surface area (Å²) in [5.74, 6) is 1.17. The summed E-state index contributed by atoms with van der Waals surface area (Å²) >= 11 is 1.97. The van der Waals surface area contributed by atoms with Gasteiger partial charge in [0.2, 0.25) is 0 Å². The summed E-state index contributed by atoms with van der Waals surface area (Å²) in [5.41, 5.74) is 1.67. The van der Waals surface area contributed by atoms with E-state index in [0.717, 1.165) is 12.6 Å². The molecule has 1 aromatic rings. The molecule has 0 spiro atoms. The molecular formula is C19H31NS. The lowest BCUT2D eigenvalue weighted by atomic mass is 9.87. The van der Waals surface area contributed by atoms with E-state index in [2.05, 4.69) is 50.4 Å². The molecule has 1 aliphatic rings. The smallest absolute Gasteiger partial charge is 0.0106 e. The lowest BCUT2D eigenvalue weighted by Crippen LogP contribution is -2.30. The quantitative estimate of drug-likeness (QED) is 0.445. The number of benzene rings is 1. The van der Waals surface area contributed by atoms with Crippen LogP contribution < -0.4 is 5.32 Å². The molecule has 1 N–H and O–H groups in total. The highest BCUT2D eigenvalue weighted by Gasteiger charge is 2.13. The molecule has 0 radical (unpaired) electrons. The van der Waals surface area contributed by atoms with Gasteiger partial charge in [0.05, 0.1) is 0 Å². The Morgan fingerprint density at radius 3 is 2.19 bits per heavy atom. The van der Waals surface area contributed by atoms with E-state index in [9.17, 15) is 0 Å². The van der Waals surface area contributed by atoms with Gasteiger partial charge in [0, 0.05) is 23.2 Å². The van der Waals surface area contributed by atoms with E-state index < -0.39 is 0 Å². The molecule has 0 aliphatic heterocycles. The van der Waals surface area contributed by atoms with E-state index in [1.165, 1.54) is 54.7 Å². The second-order valence-electron chi connectivity index (χ2n) is 7.27. The summed E-state index contributed by atoms with van der Waals surface area (Å²) in [6, 6.07) is 9.88. The van der Waals surface area contributed by atoms with Gasteiger partial charge in [-0.25, -0.2) is 0 Å². The van der Waals surface area contributed by atoms with Gasteiger partial charge < -0.3 is 5.32 Å². The molecule has 1 saturated carbocycles. The van der Waals surface area contributed by atoms with Crippen LogP contribution >= 0.6 is 11.8 Å². The van der Waals surface area contributed by atoms with Crippen molar-refractivity contribution in [3.63, 3.8) is 0 Å². The minimum absolute atomic E-state index is 0.254. The van der Waals surface area contributed by atoms with Crippen LogP contribution in [0.2, 0.25) is 0 Å². The fraction of sp³-hybridized carbons (Fsp3) is 0.684. The van der Waals surface area contributed by atoms with Crippen LogP contribution in [0.4, 0.5) is 0 Å². The highest BCUT2D eigenvalue weighted by Crippen LogP contribution is 2.25. The Labute approximate surface area is 135 Å². The third-order valence-corrected chi connectivity index (χ3v) is 5.39. The van der Waals surface area contributed by atoms with Gasteiger partial charge in [-0.05, 0) is 36.0 Å². The molecule has 1 nitrogen and oxygen atoms in total. The summed E-state index contributed by atoms with van der Waals surface area (Å²) in [6.45, 7) is 7.94. The first-order valence-electron chi connectivity index (χ1n) is 8.52. The van der Waals surface area contributed by atoms with Crippen molar-refractivity contribution in [3.05, 3.63) is 29.8 Å². The van der Waals surface area contributed by atoms with Crippen LogP contribution in [0.25, 0.3) is 0 Å². The average Bonchev–Trinajstić information content (AvgIpc) is 2.72. The predicted octanol–water partition coefficient (Wildman–Crippen LogP) is 5.39. The van der Waals surface area contributed by atoms with E-state index in [0.29, 0.717) is 0 Å². The molecule has 2 rings (SSSR count). The van der Waals surface area contributed by atoms with Crippen LogP contribution in [0, 0.1) is 0 Å². The Balaban J connectivity index is 1.68. The SMILES string of the molecule is CC(C)(C)c1ccc(SCCNC2CCCCCC2)cc1. The molecule has 0 amide bonds. The lowest BCUT2D eigenvalue weighted by Gasteiger charge is -2.19. The summed E-state index contributed by atoms with van der Waals surface area (Å²) in [5, 5.41) is 3.75. The van der Waals surface area contributed by atoms with Crippen molar-refractivity contribution < 1.29 is 0 Å². The fourth-order valence-electron chi connectivity index (χ4n) is 2.97. The molecular weight excluding hydrogens is 274 g/mol. The van der Waals surface area contributed by atoms with E-state index in [-0.39, 0.29) is 5.41 Å². The van der Waals surface area contributed by atoms with Gasteiger partial charge in [0.1, 0.15) is 0 Å². The molecule has 1 fully saturated rings. The number of hydrogen-bond acceptors (Lipinski definition) is 2. The normalized spacial score (nSPS) is 17.7. The standard InChI is InChI=1S/C19H31NS/c1-19(2,3)16-10-12-18(13-11-16)21-15-14-20-17-8-6-4-5-7-9-17/h10-13,17,20H,4-9,14-15H2,1-3H3. The first-order valence-corrected chi connectivity index (χ1v) is 9.51. The zero-order valence-corrected chi connectivity index (χ0v) is 14.8. The van der Waals surface area contributed by atoms with Crippen molar-refractivity contribution in [2.75, 3.05) is 12.3 Å². The summed E-state index contributed by atoms with van der Waals surface area (Å²) in [6.07, 6.45) is 8.47. The van der Waals surface area contributed by atoms with E-state index in [1.807, 2.05) is 11.8 Å². The Kier molecular flexibility index (Phi) is 6.63. The Morgan fingerprint density at radius 2 is 1.62 bits per heavy atom. The maximum atomic E-state index is 3.75. The molecule has 2 heteroatoms. The van der Waals surface area contributed by atoms with Crippen molar-refractivity contribution >= 4 is 11.8 Å². The molecule has 0 atom stereocenters. The molecule has 0 saturated heterocycles. The van der Waals surface area contributed by atoms with Gasteiger partial charge in [0.25, 0.3) is 0 Å². The van der Waals surface area contributed by atoms with Crippen molar-refractivity contribution in [3.8, 4) is 0 Å². The van der Waals surface area contributed by atoms with Gasteiger partial charge in [-0.2, -0.15) is 0 Å². The van der Waals surface area contributed by atoms with E-state index in [4.69, 9.17) is 0 Å². The van der Waals surface area contributed by atoms with Crippen molar-refractivity contribution in [1.82, 2.24) is 5.32 Å². The zero-order valence-electron chi connectivity index (χ0n) is 14.0. The molecule has 0 unspecified atom stereocenters. The summed E-state index contributed by atoms with van der Waals surface area (Å²) in [4.78, 5) is 1.39. The third kappa shape index (κ3) is 6.04. The minimum Gasteiger partial charge on any atom is -0.313 e. The zero-order chi connectivity index (χ0) is 15.1. The van der Waals surface area contributed by atoms with Crippen LogP contribution in [0.5, 0.6) is 0 Å². The molecule has 0 aromatic heterocycles. The van der Waals surface area contributed by atoms with Gasteiger partial charge in [-0.3, -0.25) is 0 Å². The first kappa shape index (κ1) is 16.9. The van der Waals surface area contributed by atoms with Gasteiger partial charge >= 0.3 is 0 Å². The summed E-state index contributed by atoms with van der Waals surface area (Å²) < 4.78 is 0. The average molecular weight is 306 g/mol. The number of thioether (sulfide) groups is 1. The largest absolute Gasteiger partial charge is 0.313 e. The molecule has 0 bridgehead atoms. The van der Waals surface area contributed by atoms with E-state index >= 15 is 0 Å². The fourth-order valence-corrected chi connectivity index (χ4v) is 3.75. The van der Waals surface area contributed by atoms with Crippen molar-refractivity contribution in [2.24, 2.45) is 0 Å². The predicted molar refractivity (Wildman–Crippen MR) is 95.4 cm³/mol. The Hall–Kier alpha value is -0.470. The van der Waals surface area contributed by atoms with Gasteiger partial charge in [-0.1, -0.05) is 58.6 Å². The summed E-state index contributed by atoms with van der Waals surface area (Å²) in [7, 11) is 0. The van der Waals surface area contributed by atoms with E-state index in [1.54, 1.807) is 0 Å². The minimum atomic E-state index is 0.254. The Morgan fingerprint density at radius 1 is 1.00 bits per heavy atom. The van der Waals surface area contributed by atoms with Gasteiger partial charge in [-0.15, -0.1) is 11.8 Å². The van der Waals surface area contributed by atoms with Crippen LogP contribution in [-0.4, -0.2) is 18.3 Å². The maximum Gasteiger partial charge on any atom is 0.0106 e. The number of nitrogens with one attached hydrogen (secondary N) is 1. The molecule has 0 heterocycles. The highest BCUT2D eigenvalue weighted by atomic mass is 32.2. The number of hydrogen-bond donors (Lipinski definition) is 1. The van der Waals surface area contributed by atoms with Crippen LogP contribution in [0.3, 0.4) is 0 Å². The third-order valence-electron chi connectivity index (χ3n) is 4.38. The molecule has 1 aromatic carbocycles. The van der Waals surface area contributed by atoms with Crippen molar-refractivity contribution in [2.45, 2.75) is 75.6 Å². The topological polar surface area (TPSA) is 12.0 Å². The number of rotatable bonds is 5. The maximum absolute atomic E-state index is 3.75. The monoisotopic (exact) mass is 305 g/mol. The van der Waals surface area contributed by atoms with Crippen molar-refractivity contribution in [1.29, 1.82) is 0 Å².